The lowest BCUT2D eigenvalue weighted by atomic mass is 10.3. The molecule has 0 spiro atoms. The Kier molecular flexibility index (Phi) is 3.22. The van der Waals surface area contributed by atoms with Gasteiger partial charge in [0.2, 0.25) is 10.0 Å². The van der Waals surface area contributed by atoms with Crippen LogP contribution in [0.25, 0.3) is 0 Å². The molecule has 1 aromatic heterocycles. The largest absolute Gasteiger partial charge is 0.284 e. The smallest absolute Gasteiger partial charge is 0.244 e. The Hall–Kier alpha value is -1.39. The number of nitrogens with one attached hydrogen (secondary N) is 2. The van der Waals surface area contributed by atoms with Crippen LogP contribution in [-0.4, -0.2) is 24.7 Å². The zero-order chi connectivity index (χ0) is 10.6. The molecular weight excluding hydrogens is 204 g/mol. The maximum Gasteiger partial charge on any atom is 0.244 e. The van der Waals surface area contributed by atoms with Gasteiger partial charge in [0, 0.05) is 6.20 Å². The zero-order valence-electron chi connectivity index (χ0n) is 7.56. The molecule has 0 aliphatic rings. The maximum absolute atomic E-state index is 11.5. The van der Waals surface area contributed by atoms with Gasteiger partial charge in [-0.05, 0) is 6.42 Å². The third kappa shape index (κ3) is 2.31. The number of sulfonamides is 1. The number of hydrogen-bond donors (Lipinski definition) is 2. The molecule has 0 aliphatic heterocycles. The summed E-state index contributed by atoms with van der Waals surface area (Å²) in [5, 5.41) is 14.5. The van der Waals surface area contributed by atoms with Gasteiger partial charge in [-0.25, -0.2) is 8.42 Å². The molecule has 0 bridgehead atoms. The molecule has 14 heavy (non-hydrogen) atoms. The van der Waals surface area contributed by atoms with Crippen molar-refractivity contribution in [3.8, 4) is 6.07 Å². The predicted molar refractivity (Wildman–Crippen MR) is 48.6 cm³/mol. The highest BCUT2D eigenvalue weighted by Gasteiger charge is 2.19. The van der Waals surface area contributed by atoms with Gasteiger partial charge in [0.15, 0.2) is 0 Å². The zero-order valence-corrected chi connectivity index (χ0v) is 8.37. The van der Waals surface area contributed by atoms with Crippen LogP contribution in [0, 0.1) is 11.3 Å². The van der Waals surface area contributed by atoms with Crippen molar-refractivity contribution in [3.05, 3.63) is 12.4 Å². The third-order valence-electron chi connectivity index (χ3n) is 1.64. The molecule has 0 radical (unpaired) electrons. The van der Waals surface area contributed by atoms with E-state index in [1.165, 1.54) is 12.4 Å². The fraction of sp³-hybridized carbons (Fsp3) is 0.429. The molecule has 0 amide bonds. The van der Waals surface area contributed by atoms with Crippen molar-refractivity contribution >= 4 is 10.0 Å². The van der Waals surface area contributed by atoms with Crippen molar-refractivity contribution in [2.75, 3.05) is 0 Å². The second-order valence-electron chi connectivity index (χ2n) is 2.65. The summed E-state index contributed by atoms with van der Waals surface area (Å²) in [5.41, 5.74) is 0. The minimum atomic E-state index is -3.61. The lowest BCUT2D eigenvalue weighted by molar-refractivity contribution is 0.569. The minimum absolute atomic E-state index is 0.0335. The summed E-state index contributed by atoms with van der Waals surface area (Å²) in [6, 6.07) is 1.15. The van der Waals surface area contributed by atoms with Gasteiger partial charge < -0.3 is 0 Å². The fourth-order valence-corrected chi connectivity index (χ4v) is 1.97. The van der Waals surface area contributed by atoms with Crippen LogP contribution in [0.15, 0.2) is 17.3 Å². The molecule has 1 heterocycles. The first-order valence-corrected chi connectivity index (χ1v) is 5.49. The molecule has 1 unspecified atom stereocenters. The van der Waals surface area contributed by atoms with E-state index in [-0.39, 0.29) is 4.90 Å². The number of nitrogens with zero attached hydrogens (tertiary/aromatic N) is 2. The summed E-state index contributed by atoms with van der Waals surface area (Å²) in [5.74, 6) is 0. The molecule has 76 valence electrons. The van der Waals surface area contributed by atoms with E-state index >= 15 is 0 Å². The van der Waals surface area contributed by atoms with Crippen molar-refractivity contribution in [2.45, 2.75) is 24.3 Å². The molecule has 0 aliphatic carbocycles. The molecule has 0 fully saturated rings. The van der Waals surface area contributed by atoms with E-state index in [1.807, 2.05) is 6.07 Å². The van der Waals surface area contributed by atoms with E-state index in [2.05, 4.69) is 14.9 Å². The first kappa shape index (κ1) is 10.7. The van der Waals surface area contributed by atoms with E-state index in [0.717, 1.165) is 0 Å². The van der Waals surface area contributed by atoms with Crippen molar-refractivity contribution in [2.24, 2.45) is 0 Å². The Bertz CT molecular complexity index is 417. The van der Waals surface area contributed by atoms with Crippen LogP contribution in [0.4, 0.5) is 0 Å². The molecule has 1 atom stereocenters. The fourth-order valence-electron chi connectivity index (χ4n) is 0.842. The quantitative estimate of drug-likeness (QED) is 0.736. The van der Waals surface area contributed by atoms with Crippen LogP contribution in [0.5, 0.6) is 0 Å². The molecule has 7 heteroatoms. The van der Waals surface area contributed by atoms with Gasteiger partial charge in [0.1, 0.15) is 10.9 Å². The number of nitriles is 1. The van der Waals surface area contributed by atoms with E-state index < -0.39 is 16.1 Å². The van der Waals surface area contributed by atoms with Gasteiger partial charge in [-0.2, -0.15) is 15.1 Å². The first-order chi connectivity index (χ1) is 6.60. The molecule has 0 aromatic carbocycles. The highest BCUT2D eigenvalue weighted by atomic mass is 32.2. The monoisotopic (exact) mass is 214 g/mol. The second kappa shape index (κ2) is 4.21. The van der Waals surface area contributed by atoms with Gasteiger partial charge in [0.25, 0.3) is 0 Å². The Labute approximate surface area is 82.0 Å². The van der Waals surface area contributed by atoms with Gasteiger partial charge in [-0.1, -0.05) is 6.92 Å². The van der Waals surface area contributed by atoms with E-state index in [4.69, 9.17) is 5.26 Å². The summed E-state index contributed by atoms with van der Waals surface area (Å²) < 4.78 is 25.2. The number of rotatable bonds is 4. The molecule has 2 N–H and O–H groups in total. The predicted octanol–water partition coefficient (Wildman–Crippen LogP) is -0.00982. The van der Waals surface area contributed by atoms with Crippen LogP contribution < -0.4 is 4.72 Å². The Balaban J connectivity index is 2.84. The van der Waals surface area contributed by atoms with Gasteiger partial charge in [0.05, 0.1) is 12.3 Å². The Morgan fingerprint density at radius 1 is 1.79 bits per heavy atom. The van der Waals surface area contributed by atoms with Crippen LogP contribution >= 0.6 is 0 Å². The summed E-state index contributed by atoms with van der Waals surface area (Å²) in [4.78, 5) is 0.0335. The molecule has 0 saturated heterocycles. The van der Waals surface area contributed by atoms with Gasteiger partial charge >= 0.3 is 0 Å². The average Bonchev–Trinajstić information content (AvgIpc) is 2.67. The van der Waals surface area contributed by atoms with Crippen LogP contribution in [0.3, 0.4) is 0 Å². The summed E-state index contributed by atoms with van der Waals surface area (Å²) >= 11 is 0. The van der Waals surface area contributed by atoms with Crippen molar-refractivity contribution < 1.29 is 8.42 Å². The lowest BCUT2D eigenvalue weighted by Crippen LogP contribution is -2.32. The highest BCUT2D eigenvalue weighted by molar-refractivity contribution is 7.89. The van der Waals surface area contributed by atoms with Gasteiger partial charge in [-0.3, -0.25) is 5.10 Å². The Morgan fingerprint density at radius 3 is 2.93 bits per heavy atom. The Morgan fingerprint density at radius 2 is 2.50 bits per heavy atom. The third-order valence-corrected chi connectivity index (χ3v) is 3.08. The second-order valence-corrected chi connectivity index (χ2v) is 4.36. The molecule has 0 saturated carbocycles. The molecule has 1 aromatic rings. The van der Waals surface area contributed by atoms with Crippen LogP contribution in [0.2, 0.25) is 0 Å². The molecule has 6 nitrogen and oxygen atoms in total. The summed E-state index contributed by atoms with van der Waals surface area (Å²) in [7, 11) is -3.61. The highest BCUT2D eigenvalue weighted by Crippen LogP contribution is 2.05. The van der Waals surface area contributed by atoms with E-state index in [0.29, 0.717) is 6.42 Å². The lowest BCUT2D eigenvalue weighted by Gasteiger charge is -2.07. The number of H-pyrrole nitrogens is 1. The topological polar surface area (TPSA) is 98.6 Å². The number of aromatic nitrogens is 2. The number of aromatic amines is 1. The van der Waals surface area contributed by atoms with Crippen LogP contribution in [0.1, 0.15) is 13.3 Å². The minimum Gasteiger partial charge on any atom is -0.284 e. The van der Waals surface area contributed by atoms with E-state index in [9.17, 15) is 8.42 Å². The normalized spacial score (nSPS) is 13.4. The summed E-state index contributed by atoms with van der Waals surface area (Å²) in [6.07, 6.45) is 2.87. The molecular formula is C7H10N4O2S. The van der Waals surface area contributed by atoms with Gasteiger partial charge in [-0.15, -0.1) is 0 Å². The molecule has 1 rings (SSSR count). The van der Waals surface area contributed by atoms with Crippen molar-refractivity contribution in [1.82, 2.24) is 14.9 Å². The van der Waals surface area contributed by atoms with Crippen molar-refractivity contribution in [1.29, 1.82) is 5.26 Å². The summed E-state index contributed by atoms with van der Waals surface area (Å²) in [6.45, 7) is 1.73. The standard InChI is InChI=1S/C7H10N4O2S/c1-2-6(3-8)11-14(12,13)7-4-9-10-5-7/h4-6,11H,2H2,1H3,(H,9,10). The number of hydrogen-bond acceptors (Lipinski definition) is 4. The first-order valence-electron chi connectivity index (χ1n) is 4.01. The van der Waals surface area contributed by atoms with Crippen LogP contribution in [-0.2, 0) is 10.0 Å². The SMILES string of the molecule is CCC(C#N)NS(=O)(=O)c1cn[nH]c1. The van der Waals surface area contributed by atoms with E-state index in [1.54, 1.807) is 6.92 Å². The van der Waals surface area contributed by atoms with Crippen molar-refractivity contribution in [3.63, 3.8) is 0 Å². The maximum atomic E-state index is 11.5. The average molecular weight is 214 g/mol.